The van der Waals surface area contributed by atoms with E-state index in [0.717, 1.165) is 42.9 Å². The van der Waals surface area contributed by atoms with Crippen molar-refractivity contribution in [2.24, 2.45) is 0 Å². The molecule has 5 aromatic rings. The monoisotopic (exact) mass is 411 g/mol. The number of nitrogens with one attached hydrogen (secondary N) is 2. The molecule has 1 fully saturated rings. The minimum absolute atomic E-state index is 0.973. The van der Waals surface area contributed by atoms with E-state index in [2.05, 4.69) is 68.9 Å². The first-order valence-electron chi connectivity index (χ1n) is 10.2. The zero-order valence-corrected chi connectivity index (χ0v) is 17.2. The summed E-state index contributed by atoms with van der Waals surface area (Å²) in [5.41, 5.74) is 4.62. The molecule has 5 nitrogen and oxygen atoms in total. The number of hydrogen-bond acceptors (Lipinski definition) is 5. The van der Waals surface area contributed by atoms with Gasteiger partial charge in [-0.3, -0.25) is 5.10 Å². The van der Waals surface area contributed by atoms with Gasteiger partial charge < -0.3 is 10.2 Å². The van der Waals surface area contributed by atoms with Crippen molar-refractivity contribution in [1.82, 2.24) is 20.5 Å². The normalized spacial score (nSPS) is 14.6. The van der Waals surface area contributed by atoms with Crippen LogP contribution < -0.4 is 10.2 Å². The highest BCUT2D eigenvalue weighted by atomic mass is 32.1. The minimum Gasteiger partial charge on any atom is -0.354 e. The quantitative estimate of drug-likeness (QED) is 0.443. The molecule has 6 heteroatoms. The highest BCUT2D eigenvalue weighted by Gasteiger charge is 2.18. The van der Waals surface area contributed by atoms with Gasteiger partial charge in [-0.25, -0.2) is 4.98 Å². The molecule has 1 aliphatic heterocycles. The van der Waals surface area contributed by atoms with Crippen LogP contribution in [0.25, 0.3) is 42.6 Å². The van der Waals surface area contributed by atoms with E-state index in [1.807, 2.05) is 29.8 Å². The van der Waals surface area contributed by atoms with Gasteiger partial charge in [0, 0.05) is 58.5 Å². The predicted octanol–water partition coefficient (Wildman–Crippen LogP) is 4.92. The molecule has 2 aromatic carbocycles. The van der Waals surface area contributed by atoms with Crippen molar-refractivity contribution in [3.63, 3.8) is 0 Å². The van der Waals surface area contributed by atoms with Crippen LogP contribution in [0.4, 0.5) is 5.82 Å². The molecule has 0 bridgehead atoms. The van der Waals surface area contributed by atoms with Gasteiger partial charge >= 0.3 is 0 Å². The van der Waals surface area contributed by atoms with Crippen molar-refractivity contribution in [2.75, 3.05) is 31.1 Å². The summed E-state index contributed by atoms with van der Waals surface area (Å²) in [6.45, 7) is 3.93. The van der Waals surface area contributed by atoms with E-state index < -0.39 is 0 Å². The van der Waals surface area contributed by atoms with E-state index in [0.29, 0.717) is 0 Å². The highest BCUT2D eigenvalue weighted by molar-refractivity contribution is 7.22. The van der Waals surface area contributed by atoms with Crippen LogP contribution in [0.1, 0.15) is 0 Å². The lowest BCUT2D eigenvalue weighted by Gasteiger charge is -2.30. The van der Waals surface area contributed by atoms with Crippen molar-refractivity contribution in [1.29, 1.82) is 0 Å². The zero-order chi connectivity index (χ0) is 19.9. The number of thiophene rings is 1. The molecule has 0 amide bonds. The predicted molar refractivity (Wildman–Crippen MR) is 125 cm³/mol. The average molecular weight is 412 g/mol. The number of pyridine rings is 1. The SMILES string of the molecule is c1cnc(N2CCNCC2)c(-c2cc(-c3cc4ccccc4s3)c3[nH]ncc3c2)c1. The van der Waals surface area contributed by atoms with Gasteiger partial charge in [0.05, 0.1) is 11.7 Å². The second kappa shape index (κ2) is 7.23. The van der Waals surface area contributed by atoms with E-state index in [4.69, 9.17) is 4.98 Å². The summed E-state index contributed by atoms with van der Waals surface area (Å²) in [4.78, 5) is 8.39. The Morgan fingerprint density at radius 2 is 1.80 bits per heavy atom. The molecule has 0 aliphatic carbocycles. The van der Waals surface area contributed by atoms with Crippen LogP contribution in [0.3, 0.4) is 0 Å². The lowest BCUT2D eigenvalue weighted by atomic mass is 9.99. The molecule has 6 rings (SSSR count). The summed E-state index contributed by atoms with van der Waals surface area (Å²) in [7, 11) is 0. The van der Waals surface area contributed by atoms with Crippen LogP contribution in [0.15, 0.2) is 67.0 Å². The number of piperazine rings is 1. The van der Waals surface area contributed by atoms with E-state index in [1.54, 1.807) is 0 Å². The van der Waals surface area contributed by atoms with Crippen molar-refractivity contribution in [3.8, 4) is 21.6 Å². The molecule has 4 heterocycles. The first kappa shape index (κ1) is 17.6. The van der Waals surface area contributed by atoms with Crippen molar-refractivity contribution in [3.05, 3.63) is 67.0 Å². The molecule has 3 aromatic heterocycles. The molecule has 1 saturated heterocycles. The summed E-state index contributed by atoms with van der Waals surface area (Å²) in [5, 5.41) is 13.4. The molecule has 0 saturated carbocycles. The number of aromatic nitrogens is 3. The number of H-pyrrole nitrogens is 1. The fraction of sp³-hybridized carbons (Fsp3) is 0.167. The van der Waals surface area contributed by atoms with Gasteiger partial charge in [0.25, 0.3) is 0 Å². The minimum atomic E-state index is 0.973. The molecule has 30 heavy (non-hydrogen) atoms. The van der Waals surface area contributed by atoms with Gasteiger partial charge in [-0.2, -0.15) is 5.10 Å². The van der Waals surface area contributed by atoms with E-state index in [-0.39, 0.29) is 0 Å². The Labute approximate surface area is 178 Å². The van der Waals surface area contributed by atoms with E-state index in [9.17, 15) is 0 Å². The topological polar surface area (TPSA) is 56.8 Å². The average Bonchev–Trinajstić information content (AvgIpc) is 3.46. The summed E-state index contributed by atoms with van der Waals surface area (Å²) < 4.78 is 1.30. The largest absolute Gasteiger partial charge is 0.354 e. The fourth-order valence-electron chi connectivity index (χ4n) is 4.27. The lowest BCUT2D eigenvalue weighted by Crippen LogP contribution is -2.44. The van der Waals surface area contributed by atoms with Crippen molar-refractivity contribution < 1.29 is 0 Å². The molecular formula is C24H21N5S. The summed E-state index contributed by atoms with van der Waals surface area (Å²) in [6, 6.07) is 19.5. The smallest absolute Gasteiger partial charge is 0.136 e. The van der Waals surface area contributed by atoms with E-state index >= 15 is 0 Å². The Bertz CT molecular complexity index is 1310. The molecule has 1 aliphatic rings. The number of fused-ring (bicyclic) bond motifs is 2. The Hall–Kier alpha value is -3.22. The van der Waals surface area contributed by atoms with Crippen LogP contribution in [-0.4, -0.2) is 41.4 Å². The Morgan fingerprint density at radius 3 is 2.70 bits per heavy atom. The summed E-state index contributed by atoms with van der Waals surface area (Å²) >= 11 is 1.82. The zero-order valence-electron chi connectivity index (χ0n) is 16.4. The second-order valence-electron chi connectivity index (χ2n) is 7.62. The third-order valence-corrected chi connectivity index (χ3v) is 6.90. The highest BCUT2D eigenvalue weighted by Crippen LogP contribution is 2.40. The first-order chi connectivity index (χ1) is 14.9. The number of benzene rings is 2. The summed E-state index contributed by atoms with van der Waals surface area (Å²) in [6.07, 6.45) is 3.81. The summed E-state index contributed by atoms with van der Waals surface area (Å²) in [5.74, 6) is 1.06. The number of aromatic amines is 1. The molecule has 0 atom stereocenters. The van der Waals surface area contributed by atoms with Gasteiger partial charge in [0.15, 0.2) is 0 Å². The number of rotatable bonds is 3. The maximum atomic E-state index is 4.76. The molecule has 0 radical (unpaired) electrons. The van der Waals surface area contributed by atoms with Crippen LogP contribution in [-0.2, 0) is 0 Å². The van der Waals surface area contributed by atoms with Gasteiger partial charge in [0.2, 0.25) is 0 Å². The first-order valence-corrected chi connectivity index (χ1v) is 11.1. The Balaban J connectivity index is 1.54. The molecule has 148 valence electrons. The number of hydrogen-bond donors (Lipinski definition) is 2. The maximum absolute atomic E-state index is 4.76. The van der Waals surface area contributed by atoms with Gasteiger partial charge in [-0.05, 0) is 47.3 Å². The van der Waals surface area contributed by atoms with Crippen LogP contribution in [0.5, 0.6) is 0 Å². The fourth-order valence-corrected chi connectivity index (χ4v) is 5.36. The standard InChI is InChI=1S/C24H21N5S/c1-2-6-21-16(4-1)14-22(30-21)20-13-17(12-18-15-27-28-23(18)20)19-5-3-7-26-24(19)29-10-8-25-9-11-29/h1-7,12-15,25H,8-11H2,(H,27,28). The van der Waals surface area contributed by atoms with Gasteiger partial charge in [0.1, 0.15) is 5.82 Å². The molecular weight excluding hydrogens is 390 g/mol. The van der Waals surface area contributed by atoms with Crippen molar-refractivity contribution >= 4 is 38.1 Å². The van der Waals surface area contributed by atoms with Gasteiger partial charge in [-0.15, -0.1) is 11.3 Å². The number of anilines is 1. The second-order valence-corrected chi connectivity index (χ2v) is 8.70. The van der Waals surface area contributed by atoms with Crippen LogP contribution in [0, 0.1) is 0 Å². The Morgan fingerprint density at radius 1 is 0.900 bits per heavy atom. The third-order valence-electron chi connectivity index (χ3n) is 5.75. The maximum Gasteiger partial charge on any atom is 0.136 e. The van der Waals surface area contributed by atoms with E-state index in [1.165, 1.54) is 31.7 Å². The third kappa shape index (κ3) is 2.96. The number of nitrogens with zero attached hydrogens (tertiary/aromatic N) is 3. The van der Waals surface area contributed by atoms with Crippen LogP contribution >= 0.6 is 11.3 Å². The lowest BCUT2D eigenvalue weighted by molar-refractivity contribution is 0.585. The molecule has 0 unspecified atom stereocenters. The van der Waals surface area contributed by atoms with Gasteiger partial charge in [-0.1, -0.05) is 18.2 Å². The van der Waals surface area contributed by atoms with Crippen molar-refractivity contribution in [2.45, 2.75) is 0 Å². The molecule has 2 N–H and O–H groups in total. The van der Waals surface area contributed by atoms with Crippen LogP contribution in [0.2, 0.25) is 0 Å². The molecule has 0 spiro atoms. The Kier molecular flexibility index (Phi) is 4.25.